The first-order valence-electron chi connectivity index (χ1n) is 6.40. The van der Waals surface area contributed by atoms with Gasteiger partial charge < -0.3 is 4.98 Å². The number of H-pyrrole nitrogens is 1. The Morgan fingerprint density at radius 2 is 1.55 bits per heavy atom. The van der Waals surface area contributed by atoms with E-state index in [0.29, 0.717) is 0 Å². The molecule has 1 heterocycles. The zero-order chi connectivity index (χ0) is 12.9. The molecule has 0 bridgehead atoms. The molecule has 20 heavy (non-hydrogen) atoms. The first-order chi connectivity index (χ1) is 9.43. The van der Waals surface area contributed by atoms with Crippen molar-refractivity contribution in [3.05, 3.63) is 84.9 Å². The van der Waals surface area contributed by atoms with E-state index in [4.69, 9.17) is 0 Å². The van der Waals surface area contributed by atoms with Crippen LogP contribution in [0, 0.1) is 0 Å². The first-order valence-corrected chi connectivity index (χ1v) is 6.40. The summed E-state index contributed by atoms with van der Waals surface area (Å²) in [6.07, 6.45) is 0. The smallest absolute Gasteiger partial charge is 0.372 e. The van der Waals surface area contributed by atoms with Gasteiger partial charge in [-0.2, -0.15) is 30.3 Å². The van der Waals surface area contributed by atoms with Gasteiger partial charge >= 0.3 is 17.1 Å². The number of fused-ring (bicyclic) bond motifs is 1. The summed E-state index contributed by atoms with van der Waals surface area (Å²) in [4.78, 5) is 3.40. The molecule has 0 aliphatic rings. The molecule has 1 nitrogen and oxygen atoms in total. The third kappa shape index (κ3) is 3.30. The monoisotopic (exact) mass is 301 g/mol. The Bertz CT molecular complexity index is 668. The normalized spacial score (nSPS) is 9.60. The number of hydrogen-bond acceptors (Lipinski definition) is 0. The number of nitrogens with one attached hydrogen (secondary N) is 1. The van der Waals surface area contributed by atoms with Gasteiger partial charge in [-0.15, -0.1) is 18.2 Å². The third-order valence-electron chi connectivity index (χ3n) is 3.06. The average molecular weight is 301 g/mol. The second-order valence-electron chi connectivity index (χ2n) is 4.41. The van der Waals surface area contributed by atoms with Crippen molar-refractivity contribution in [1.82, 2.24) is 4.98 Å². The minimum atomic E-state index is 0. The molecule has 0 spiro atoms. The zero-order valence-electron chi connectivity index (χ0n) is 10.9. The quantitative estimate of drug-likeness (QED) is 0.378. The standard InChI is InChI=1S/C13H10N.C5H5.Fe/c1-2-6-10(5-1)13-9-11-7-3-4-8-12(11)14-13;1-2-4-5-3-1;/h1-9,14H;1-5H;/q2*-1;+2. The van der Waals surface area contributed by atoms with Crippen molar-refractivity contribution < 1.29 is 17.1 Å². The van der Waals surface area contributed by atoms with E-state index >= 15 is 0 Å². The zero-order valence-corrected chi connectivity index (χ0v) is 12.0. The molecule has 4 rings (SSSR count). The second kappa shape index (κ2) is 6.95. The van der Waals surface area contributed by atoms with Crippen LogP contribution in [0.3, 0.4) is 0 Å². The summed E-state index contributed by atoms with van der Waals surface area (Å²) in [6.45, 7) is 0. The molecule has 0 unspecified atom stereocenters. The maximum Gasteiger partial charge on any atom is 2.00 e. The topological polar surface area (TPSA) is 15.8 Å². The molecule has 2 heteroatoms. The number of hydrogen-bond donors (Lipinski definition) is 1. The minimum Gasteiger partial charge on any atom is -0.372 e. The Morgan fingerprint density at radius 3 is 2.15 bits per heavy atom. The van der Waals surface area contributed by atoms with Gasteiger partial charge in [-0.3, -0.25) is 0 Å². The maximum atomic E-state index is 3.40. The Morgan fingerprint density at radius 1 is 0.850 bits per heavy atom. The summed E-state index contributed by atoms with van der Waals surface area (Å²) in [5.74, 6) is 0. The van der Waals surface area contributed by atoms with Crippen LogP contribution in [0.4, 0.5) is 0 Å². The molecule has 0 saturated heterocycles. The fraction of sp³-hybridized carbons (Fsp3) is 0. The minimum absolute atomic E-state index is 0. The third-order valence-corrected chi connectivity index (χ3v) is 3.06. The van der Waals surface area contributed by atoms with Gasteiger partial charge in [0.05, 0.1) is 0 Å². The van der Waals surface area contributed by atoms with Gasteiger partial charge in [-0.05, 0) is 17.1 Å². The molecule has 0 saturated carbocycles. The molecule has 0 atom stereocenters. The molecular weight excluding hydrogens is 286 g/mol. The van der Waals surface area contributed by atoms with E-state index in [1.165, 1.54) is 22.2 Å². The number of aromatic amines is 1. The molecule has 0 aliphatic heterocycles. The van der Waals surface area contributed by atoms with Crippen molar-refractivity contribution in [2.24, 2.45) is 0 Å². The van der Waals surface area contributed by atoms with Gasteiger partial charge in [0.1, 0.15) is 0 Å². The van der Waals surface area contributed by atoms with Crippen LogP contribution in [0.1, 0.15) is 0 Å². The van der Waals surface area contributed by atoms with Crippen LogP contribution in [0.25, 0.3) is 22.2 Å². The molecule has 1 aromatic heterocycles. The van der Waals surface area contributed by atoms with Gasteiger partial charge in [0.25, 0.3) is 0 Å². The fourth-order valence-electron chi connectivity index (χ4n) is 2.10. The Kier molecular flexibility index (Phi) is 5.00. The van der Waals surface area contributed by atoms with Crippen LogP contribution in [0.5, 0.6) is 0 Å². The molecule has 4 aromatic rings. The largest absolute Gasteiger partial charge is 2.00 e. The van der Waals surface area contributed by atoms with Gasteiger partial charge in [0.15, 0.2) is 0 Å². The number of aromatic nitrogens is 1. The first kappa shape index (κ1) is 14.4. The van der Waals surface area contributed by atoms with Crippen LogP contribution < -0.4 is 0 Å². The van der Waals surface area contributed by atoms with E-state index in [1.54, 1.807) is 0 Å². The van der Waals surface area contributed by atoms with Crippen LogP contribution in [-0.2, 0) is 17.1 Å². The van der Waals surface area contributed by atoms with Crippen molar-refractivity contribution in [2.45, 2.75) is 0 Å². The van der Waals surface area contributed by atoms with Gasteiger partial charge in [0.2, 0.25) is 0 Å². The summed E-state index contributed by atoms with van der Waals surface area (Å²) in [5, 5.41) is 1.27. The number of benzene rings is 1. The molecule has 0 radical (unpaired) electrons. The predicted octanol–water partition coefficient (Wildman–Crippen LogP) is 4.96. The van der Waals surface area contributed by atoms with E-state index in [-0.39, 0.29) is 17.1 Å². The van der Waals surface area contributed by atoms with Gasteiger partial charge in [0, 0.05) is 5.52 Å². The van der Waals surface area contributed by atoms with Crippen molar-refractivity contribution >= 4 is 10.9 Å². The van der Waals surface area contributed by atoms with E-state index in [0.717, 1.165) is 0 Å². The van der Waals surface area contributed by atoms with Crippen molar-refractivity contribution in [1.29, 1.82) is 0 Å². The summed E-state index contributed by atoms with van der Waals surface area (Å²) in [6, 6.07) is 28.9. The predicted molar refractivity (Wildman–Crippen MR) is 81.4 cm³/mol. The molecule has 0 aliphatic carbocycles. The van der Waals surface area contributed by atoms with E-state index in [1.807, 2.05) is 36.4 Å². The summed E-state index contributed by atoms with van der Waals surface area (Å²) in [5.41, 5.74) is 3.64. The van der Waals surface area contributed by atoms with Gasteiger partial charge in [-0.1, -0.05) is 23.8 Å². The second-order valence-corrected chi connectivity index (χ2v) is 4.41. The number of para-hydroxylation sites is 1. The summed E-state index contributed by atoms with van der Waals surface area (Å²) < 4.78 is 0. The van der Waals surface area contributed by atoms with E-state index in [2.05, 4.69) is 53.5 Å². The van der Waals surface area contributed by atoms with Crippen LogP contribution in [0.2, 0.25) is 0 Å². The maximum absolute atomic E-state index is 3.40. The molecule has 3 aromatic carbocycles. The average Bonchev–Trinajstić information content (AvgIpc) is 3.20. The van der Waals surface area contributed by atoms with Crippen molar-refractivity contribution in [2.75, 3.05) is 0 Å². The van der Waals surface area contributed by atoms with E-state index < -0.39 is 0 Å². The SMILES string of the molecule is [Fe+2].c1cc[cH-]c1.c1ccc2[nH]c(-[c-]3cccc3)cc2c1. The van der Waals surface area contributed by atoms with E-state index in [9.17, 15) is 0 Å². The Balaban J connectivity index is 0.000000210. The van der Waals surface area contributed by atoms with Crippen LogP contribution in [-0.4, -0.2) is 4.98 Å². The summed E-state index contributed by atoms with van der Waals surface area (Å²) >= 11 is 0. The molecule has 0 amide bonds. The molecule has 0 fully saturated rings. The Hall–Kier alpha value is -2.02. The van der Waals surface area contributed by atoms with Crippen molar-refractivity contribution in [3.63, 3.8) is 0 Å². The van der Waals surface area contributed by atoms with Gasteiger partial charge in [-0.25, -0.2) is 12.1 Å². The fourth-order valence-corrected chi connectivity index (χ4v) is 2.10. The summed E-state index contributed by atoms with van der Waals surface area (Å²) in [7, 11) is 0. The molecule has 1 N–H and O–H groups in total. The van der Waals surface area contributed by atoms with Crippen molar-refractivity contribution in [3.8, 4) is 11.3 Å². The van der Waals surface area contributed by atoms with Crippen LogP contribution in [0.15, 0.2) is 84.9 Å². The molecular formula is C18H15FeN. The Labute approximate surface area is 129 Å². The number of rotatable bonds is 1. The van der Waals surface area contributed by atoms with Crippen LogP contribution >= 0.6 is 0 Å². The molecule has 100 valence electrons.